The largest absolute Gasteiger partial charge is 0.343 e. The van der Waals surface area contributed by atoms with Crippen LogP contribution in [-0.2, 0) is 6.54 Å². The Morgan fingerprint density at radius 1 is 1.19 bits per heavy atom. The van der Waals surface area contributed by atoms with Gasteiger partial charge in [-0.3, -0.25) is 9.78 Å². The fourth-order valence-electron chi connectivity index (χ4n) is 2.94. The zero-order chi connectivity index (χ0) is 17.9. The van der Waals surface area contributed by atoms with Crippen LogP contribution in [-0.4, -0.2) is 32.3 Å². The highest BCUT2D eigenvalue weighted by Crippen LogP contribution is 2.31. The maximum absolute atomic E-state index is 14.1. The van der Waals surface area contributed by atoms with Gasteiger partial charge in [0.25, 0.3) is 5.91 Å². The Morgan fingerprint density at radius 3 is 2.77 bits per heavy atom. The molecular formula is C20H19FN4O. The first-order valence-corrected chi connectivity index (χ1v) is 8.69. The summed E-state index contributed by atoms with van der Waals surface area (Å²) in [6.07, 6.45) is 7.19. The zero-order valence-electron chi connectivity index (χ0n) is 14.2. The van der Waals surface area contributed by atoms with E-state index in [1.807, 2.05) is 0 Å². The first kappa shape index (κ1) is 16.4. The lowest BCUT2D eigenvalue weighted by molar-refractivity contribution is 0.0733. The fraction of sp³-hybridized carbons (Fsp3) is 0.250. The average Bonchev–Trinajstić information content (AvgIpc) is 3.31. The summed E-state index contributed by atoms with van der Waals surface area (Å²) in [5.41, 5.74) is 1.67. The molecule has 1 aliphatic carbocycles. The highest BCUT2D eigenvalue weighted by atomic mass is 19.1. The molecule has 0 aliphatic heterocycles. The third-order valence-electron chi connectivity index (χ3n) is 4.53. The molecule has 2 heterocycles. The summed E-state index contributed by atoms with van der Waals surface area (Å²) < 4.78 is 14.1. The van der Waals surface area contributed by atoms with Crippen LogP contribution in [0.4, 0.5) is 4.39 Å². The fourth-order valence-corrected chi connectivity index (χ4v) is 2.94. The van der Waals surface area contributed by atoms with Gasteiger partial charge in [-0.1, -0.05) is 18.2 Å². The third kappa shape index (κ3) is 3.64. The van der Waals surface area contributed by atoms with Gasteiger partial charge in [0.05, 0.1) is 0 Å². The molecule has 1 fully saturated rings. The molecule has 4 rings (SSSR count). The number of aromatic nitrogens is 3. The first-order valence-electron chi connectivity index (χ1n) is 8.69. The molecule has 1 N–H and O–H groups in total. The minimum absolute atomic E-state index is 0.115. The van der Waals surface area contributed by atoms with E-state index in [4.69, 9.17) is 0 Å². The maximum atomic E-state index is 14.1. The van der Waals surface area contributed by atoms with Gasteiger partial charge in [0.15, 0.2) is 5.82 Å². The second-order valence-electron chi connectivity index (χ2n) is 6.59. The molecule has 132 valence electrons. The molecule has 1 saturated carbocycles. The van der Waals surface area contributed by atoms with Crippen LogP contribution in [0.5, 0.6) is 0 Å². The minimum Gasteiger partial charge on any atom is -0.343 e. The number of amides is 1. The highest BCUT2D eigenvalue weighted by Gasteiger charge is 2.28. The van der Waals surface area contributed by atoms with Crippen molar-refractivity contribution in [3.8, 4) is 11.5 Å². The monoisotopic (exact) mass is 350 g/mol. The van der Waals surface area contributed by atoms with Gasteiger partial charge in [-0.2, -0.15) is 0 Å². The Balaban J connectivity index is 1.60. The van der Waals surface area contributed by atoms with Crippen LogP contribution in [0.2, 0.25) is 0 Å². The van der Waals surface area contributed by atoms with Gasteiger partial charge in [0.2, 0.25) is 0 Å². The van der Waals surface area contributed by atoms with Crippen LogP contribution >= 0.6 is 0 Å². The van der Waals surface area contributed by atoms with E-state index in [-0.39, 0.29) is 18.3 Å². The number of H-pyrrole nitrogens is 1. The van der Waals surface area contributed by atoms with E-state index in [1.165, 1.54) is 6.07 Å². The number of halogens is 1. The molecule has 0 unspecified atom stereocenters. The van der Waals surface area contributed by atoms with Crippen molar-refractivity contribution in [2.75, 3.05) is 6.54 Å². The molecule has 0 atom stereocenters. The Hall–Kier alpha value is -3.02. The standard InChI is InChI=1S/C20H19FN4O/c21-17-4-2-1-3-16(17)13-25(12-14-5-6-14)20(26)15-7-8-22-18(11-15)19-23-9-10-24-19/h1-4,7-11,14H,5-6,12-13H2,(H,23,24). The molecule has 0 saturated heterocycles. The minimum atomic E-state index is -0.285. The summed E-state index contributed by atoms with van der Waals surface area (Å²) in [5, 5.41) is 0. The number of nitrogens with zero attached hydrogens (tertiary/aromatic N) is 3. The first-order chi connectivity index (χ1) is 12.7. The number of rotatable bonds is 6. The van der Waals surface area contributed by atoms with E-state index in [9.17, 15) is 9.18 Å². The van der Waals surface area contributed by atoms with Crippen molar-refractivity contribution in [3.05, 3.63) is 71.9 Å². The normalized spacial score (nSPS) is 13.6. The molecule has 2 aromatic heterocycles. The molecule has 3 aromatic rings. The van der Waals surface area contributed by atoms with Crippen molar-refractivity contribution >= 4 is 5.91 Å². The SMILES string of the molecule is O=C(c1ccnc(-c2ncc[nH]2)c1)N(Cc1ccccc1F)CC1CC1. The molecule has 1 aromatic carbocycles. The van der Waals surface area contributed by atoms with E-state index in [1.54, 1.807) is 53.8 Å². The summed E-state index contributed by atoms with van der Waals surface area (Å²) in [5.74, 6) is 0.724. The summed E-state index contributed by atoms with van der Waals surface area (Å²) in [7, 11) is 0. The number of pyridine rings is 1. The van der Waals surface area contributed by atoms with Crippen molar-refractivity contribution in [1.29, 1.82) is 0 Å². The smallest absolute Gasteiger partial charge is 0.254 e. The number of carbonyl (C=O) groups is 1. The van der Waals surface area contributed by atoms with Gasteiger partial charge in [0, 0.05) is 42.8 Å². The summed E-state index contributed by atoms with van der Waals surface area (Å²) in [4.78, 5) is 26.3. The second kappa shape index (κ2) is 7.07. The predicted octanol–water partition coefficient (Wildman–Crippen LogP) is 3.66. The molecule has 0 radical (unpaired) electrons. The van der Waals surface area contributed by atoms with Gasteiger partial charge in [0.1, 0.15) is 11.5 Å². The Bertz CT molecular complexity index is 906. The number of aromatic amines is 1. The lowest BCUT2D eigenvalue weighted by Crippen LogP contribution is -2.32. The van der Waals surface area contributed by atoms with E-state index in [0.717, 1.165) is 12.8 Å². The maximum Gasteiger partial charge on any atom is 0.254 e. The quantitative estimate of drug-likeness (QED) is 0.738. The lowest BCUT2D eigenvalue weighted by atomic mass is 10.1. The molecule has 0 bridgehead atoms. The summed E-state index contributed by atoms with van der Waals surface area (Å²) in [6.45, 7) is 0.909. The van der Waals surface area contributed by atoms with Crippen molar-refractivity contribution < 1.29 is 9.18 Å². The van der Waals surface area contributed by atoms with Crippen LogP contribution in [0, 0.1) is 11.7 Å². The average molecular weight is 350 g/mol. The van der Waals surface area contributed by atoms with Gasteiger partial charge < -0.3 is 9.88 Å². The van der Waals surface area contributed by atoms with Gasteiger partial charge >= 0.3 is 0 Å². The Morgan fingerprint density at radius 2 is 2.04 bits per heavy atom. The van der Waals surface area contributed by atoms with E-state index < -0.39 is 0 Å². The van der Waals surface area contributed by atoms with Crippen molar-refractivity contribution in [1.82, 2.24) is 19.9 Å². The van der Waals surface area contributed by atoms with Crippen LogP contribution < -0.4 is 0 Å². The predicted molar refractivity (Wildman–Crippen MR) is 95.7 cm³/mol. The number of hydrogen-bond donors (Lipinski definition) is 1. The van der Waals surface area contributed by atoms with Crippen LogP contribution in [0.1, 0.15) is 28.8 Å². The summed E-state index contributed by atoms with van der Waals surface area (Å²) >= 11 is 0. The van der Waals surface area contributed by atoms with Crippen LogP contribution in [0.15, 0.2) is 55.0 Å². The van der Waals surface area contributed by atoms with Crippen LogP contribution in [0.25, 0.3) is 11.5 Å². The number of benzene rings is 1. The Labute approximate surface area is 150 Å². The van der Waals surface area contributed by atoms with Crippen LogP contribution in [0.3, 0.4) is 0 Å². The molecule has 0 spiro atoms. The highest BCUT2D eigenvalue weighted by molar-refractivity contribution is 5.95. The van der Waals surface area contributed by atoms with E-state index >= 15 is 0 Å². The summed E-state index contributed by atoms with van der Waals surface area (Å²) in [6, 6.07) is 10.0. The number of nitrogens with one attached hydrogen (secondary N) is 1. The zero-order valence-corrected chi connectivity index (χ0v) is 14.2. The third-order valence-corrected chi connectivity index (χ3v) is 4.53. The van der Waals surface area contributed by atoms with Crippen molar-refractivity contribution in [3.63, 3.8) is 0 Å². The molecule has 5 nitrogen and oxygen atoms in total. The Kier molecular flexibility index (Phi) is 4.48. The van der Waals surface area contributed by atoms with E-state index in [0.29, 0.717) is 35.1 Å². The van der Waals surface area contributed by atoms with Crippen molar-refractivity contribution in [2.45, 2.75) is 19.4 Å². The number of hydrogen-bond acceptors (Lipinski definition) is 3. The van der Waals surface area contributed by atoms with Gasteiger partial charge in [-0.15, -0.1) is 0 Å². The molecular weight excluding hydrogens is 331 g/mol. The van der Waals surface area contributed by atoms with E-state index in [2.05, 4.69) is 15.0 Å². The van der Waals surface area contributed by atoms with Gasteiger partial charge in [-0.25, -0.2) is 9.37 Å². The second-order valence-corrected chi connectivity index (χ2v) is 6.59. The lowest BCUT2D eigenvalue weighted by Gasteiger charge is -2.23. The molecule has 1 amide bonds. The molecule has 26 heavy (non-hydrogen) atoms. The topological polar surface area (TPSA) is 61.9 Å². The molecule has 1 aliphatic rings. The molecule has 6 heteroatoms. The van der Waals surface area contributed by atoms with Gasteiger partial charge in [-0.05, 0) is 37.0 Å². The number of carbonyl (C=O) groups excluding carboxylic acids is 1. The van der Waals surface area contributed by atoms with Crippen molar-refractivity contribution in [2.24, 2.45) is 5.92 Å². The number of imidazole rings is 1.